The standard InChI is InChI=1S/C32H24FN7O/c33-23-9-21(10-24(41)11-23)25-6-7-36-32-26(25)12-29(38-32)31-27-13-28(37-18-30(27)39-40-31)22-8-20(16-35-17-22)15-34-14-19-4-2-1-3-5-19/h1-13,16-18,34,41H,14-15H2,(H,36,38)(H,39,40). The molecule has 4 N–H and O–H groups in total. The van der Waals surface area contributed by atoms with Crippen LogP contribution in [0.15, 0.2) is 97.6 Å². The quantitative estimate of drug-likeness (QED) is 0.187. The zero-order valence-corrected chi connectivity index (χ0v) is 21.8. The molecule has 0 saturated heterocycles. The first-order valence-corrected chi connectivity index (χ1v) is 13.1. The summed E-state index contributed by atoms with van der Waals surface area (Å²) in [4.78, 5) is 16.9. The number of nitrogens with zero attached hydrogens (tertiary/aromatic N) is 4. The van der Waals surface area contributed by atoms with Gasteiger partial charge in [-0.25, -0.2) is 9.37 Å². The number of aromatic amines is 2. The van der Waals surface area contributed by atoms with E-state index in [2.05, 4.69) is 53.6 Å². The van der Waals surface area contributed by atoms with Crippen molar-refractivity contribution in [2.24, 2.45) is 0 Å². The third kappa shape index (κ3) is 4.90. The van der Waals surface area contributed by atoms with Crippen LogP contribution < -0.4 is 5.32 Å². The van der Waals surface area contributed by atoms with Crippen molar-refractivity contribution in [1.82, 2.24) is 35.5 Å². The molecular weight excluding hydrogens is 517 g/mol. The molecule has 200 valence electrons. The van der Waals surface area contributed by atoms with Crippen molar-refractivity contribution in [3.63, 3.8) is 0 Å². The Morgan fingerprint density at radius 3 is 2.56 bits per heavy atom. The number of aromatic hydroxyl groups is 1. The van der Waals surface area contributed by atoms with E-state index < -0.39 is 5.82 Å². The number of aromatic nitrogens is 6. The second kappa shape index (κ2) is 10.3. The van der Waals surface area contributed by atoms with Gasteiger partial charge >= 0.3 is 0 Å². The molecule has 41 heavy (non-hydrogen) atoms. The van der Waals surface area contributed by atoms with Gasteiger partial charge in [-0.15, -0.1) is 0 Å². The molecule has 5 aromatic heterocycles. The monoisotopic (exact) mass is 541 g/mol. The van der Waals surface area contributed by atoms with Crippen LogP contribution in [0.4, 0.5) is 4.39 Å². The topological polar surface area (TPSA) is 115 Å². The second-order valence-corrected chi connectivity index (χ2v) is 9.86. The van der Waals surface area contributed by atoms with E-state index in [1.165, 1.54) is 17.7 Å². The minimum absolute atomic E-state index is 0.135. The fourth-order valence-electron chi connectivity index (χ4n) is 5.09. The van der Waals surface area contributed by atoms with Crippen LogP contribution in [0.2, 0.25) is 0 Å². The van der Waals surface area contributed by atoms with E-state index in [1.807, 2.05) is 42.7 Å². The van der Waals surface area contributed by atoms with Gasteiger partial charge in [0.1, 0.15) is 22.9 Å². The number of halogens is 1. The highest BCUT2D eigenvalue weighted by Crippen LogP contribution is 2.35. The van der Waals surface area contributed by atoms with Crippen LogP contribution in [-0.4, -0.2) is 35.2 Å². The lowest BCUT2D eigenvalue weighted by Crippen LogP contribution is -2.12. The Balaban J connectivity index is 1.21. The van der Waals surface area contributed by atoms with E-state index in [9.17, 15) is 9.50 Å². The van der Waals surface area contributed by atoms with Gasteiger partial charge in [0.15, 0.2) is 0 Å². The molecule has 0 radical (unpaired) electrons. The van der Waals surface area contributed by atoms with E-state index in [0.29, 0.717) is 23.4 Å². The van der Waals surface area contributed by atoms with Crippen molar-refractivity contribution in [1.29, 1.82) is 0 Å². The molecular formula is C32H24FN7O. The number of benzene rings is 2. The molecule has 0 atom stereocenters. The summed E-state index contributed by atoms with van der Waals surface area (Å²) in [6.07, 6.45) is 7.08. The fourth-order valence-corrected chi connectivity index (χ4v) is 5.09. The molecule has 2 aromatic carbocycles. The fraction of sp³-hybridized carbons (Fsp3) is 0.0625. The molecule has 0 unspecified atom stereocenters. The SMILES string of the molecule is Oc1cc(F)cc(-c2ccnc3[nH]c(-c4n[nH]c5cnc(-c6cncc(CNCc7ccccc7)c6)cc45)cc23)c1. The maximum Gasteiger partial charge on any atom is 0.138 e. The lowest BCUT2D eigenvalue weighted by Gasteiger charge is -2.07. The molecule has 0 saturated carbocycles. The number of nitrogens with one attached hydrogen (secondary N) is 3. The van der Waals surface area contributed by atoms with Gasteiger partial charge in [0.2, 0.25) is 0 Å². The highest BCUT2D eigenvalue weighted by molar-refractivity contribution is 6.00. The number of rotatable bonds is 7. The summed E-state index contributed by atoms with van der Waals surface area (Å²) >= 11 is 0. The summed E-state index contributed by atoms with van der Waals surface area (Å²) in [5.74, 6) is -0.644. The summed E-state index contributed by atoms with van der Waals surface area (Å²) in [5.41, 5.74) is 8.17. The van der Waals surface area contributed by atoms with Crippen molar-refractivity contribution in [3.05, 3.63) is 115 Å². The van der Waals surface area contributed by atoms with E-state index in [-0.39, 0.29) is 5.75 Å². The van der Waals surface area contributed by atoms with Gasteiger partial charge in [0.25, 0.3) is 0 Å². The normalized spacial score (nSPS) is 11.4. The van der Waals surface area contributed by atoms with Crippen molar-refractivity contribution < 1.29 is 9.50 Å². The van der Waals surface area contributed by atoms with Crippen LogP contribution in [0.1, 0.15) is 11.1 Å². The highest BCUT2D eigenvalue weighted by Gasteiger charge is 2.16. The highest BCUT2D eigenvalue weighted by atomic mass is 19.1. The Bertz CT molecular complexity index is 2000. The third-order valence-corrected chi connectivity index (χ3v) is 7.02. The van der Waals surface area contributed by atoms with Crippen molar-refractivity contribution >= 4 is 21.9 Å². The molecule has 9 heteroatoms. The largest absolute Gasteiger partial charge is 0.508 e. The molecule has 0 bridgehead atoms. The third-order valence-electron chi connectivity index (χ3n) is 7.02. The number of pyridine rings is 3. The predicted octanol–water partition coefficient (Wildman–Crippen LogP) is 6.36. The number of hydrogen-bond acceptors (Lipinski definition) is 6. The van der Waals surface area contributed by atoms with E-state index in [0.717, 1.165) is 57.0 Å². The molecule has 7 rings (SSSR count). The number of fused-ring (bicyclic) bond motifs is 2. The lowest BCUT2D eigenvalue weighted by molar-refractivity contribution is 0.469. The Morgan fingerprint density at radius 2 is 1.68 bits per heavy atom. The summed E-state index contributed by atoms with van der Waals surface area (Å²) in [7, 11) is 0. The molecule has 8 nitrogen and oxygen atoms in total. The first-order chi connectivity index (χ1) is 20.1. The summed E-state index contributed by atoms with van der Waals surface area (Å²) in [6.45, 7) is 1.46. The second-order valence-electron chi connectivity index (χ2n) is 9.86. The minimum Gasteiger partial charge on any atom is -0.508 e. The number of phenolic OH excluding ortho intramolecular Hbond substituents is 1. The molecule has 0 fully saturated rings. The van der Waals surface area contributed by atoms with Crippen LogP contribution in [0, 0.1) is 5.82 Å². The van der Waals surface area contributed by atoms with Crippen molar-refractivity contribution in [2.75, 3.05) is 0 Å². The summed E-state index contributed by atoms with van der Waals surface area (Å²) in [5, 5.41) is 22.7. The lowest BCUT2D eigenvalue weighted by atomic mass is 10.0. The van der Waals surface area contributed by atoms with Gasteiger partial charge < -0.3 is 15.4 Å². The smallest absolute Gasteiger partial charge is 0.138 e. The predicted molar refractivity (Wildman–Crippen MR) is 156 cm³/mol. The van der Waals surface area contributed by atoms with Gasteiger partial charge in [-0.05, 0) is 58.7 Å². The minimum atomic E-state index is -0.510. The first-order valence-electron chi connectivity index (χ1n) is 13.1. The zero-order valence-electron chi connectivity index (χ0n) is 21.8. The Morgan fingerprint density at radius 1 is 0.805 bits per heavy atom. The Labute approximate surface area is 234 Å². The molecule has 7 aromatic rings. The zero-order chi connectivity index (χ0) is 27.8. The van der Waals surface area contributed by atoms with Crippen LogP contribution >= 0.6 is 0 Å². The maximum absolute atomic E-state index is 14.0. The average molecular weight is 542 g/mol. The van der Waals surface area contributed by atoms with Gasteiger partial charge in [-0.1, -0.05) is 30.3 Å². The summed E-state index contributed by atoms with van der Waals surface area (Å²) < 4.78 is 14.0. The molecule has 0 aliphatic heterocycles. The Hall–Kier alpha value is -5.41. The molecule has 5 heterocycles. The van der Waals surface area contributed by atoms with E-state index >= 15 is 0 Å². The molecule has 0 amide bonds. The average Bonchev–Trinajstić information content (AvgIpc) is 3.61. The van der Waals surface area contributed by atoms with Gasteiger partial charge in [-0.3, -0.25) is 15.1 Å². The van der Waals surface area contributed by atoms with Gasteiger partial charge in [0.05, 0.1) is 23.1 Å². The number of phenols is 1. The van der Waals surface area contributed by atoms with Gasteiger partial charge in [-0.2, -0.15) is 5.10 Å². The summed E-state index contributed by atoms with van der Waals surface area (Å²) in [6, 6.07) is 22.1. The van der Waals surface area contributed by atoms with Crippen LogP contribution in [0.25, 0.3) is 55.7 Å². The van der Waals surface area contributed by atoms with Crippen LogP contribution in [0.5, 0.6) is 5.75 Å². The van der Waals surface area contributed by atoms with Crippen LogP contribution in [0.3, 0.4) is 0 Å². The van der Waals surface area contributed by atoms with Crippen molar-refractivity contribution in [3.8, 4) is 39.5 Å². The Kier molecular flexibility index (Phi) is 6.18. The number of H-pyrrole nitrogens is 2. The van der Waals surface area contributed by atoms with E-state index in [1.54, 1.807) is 18.5 Å². The van der Waals surface area contributed by atoms with Gasteiger partial charge in [0, 0.05) is 54.1 Å². The van der Waals surface area contributed by atoms with E-state index in [4.69, 9.17) is 0 Å². The molecule has 0 aliphatic rings. The molecule has 0 spiro atoms. The number of hydrogen-bond donors (Lipinski definition) is 4. The maximum atomic E-state index is 14.0. The van der Waals surface area contributed by atoms with Crippen molar-refractivity contribution in [2.45, 2.75) is 13.1 Å². The first kappa shape index (κ1) is 24.6. The van der Waals surface area contributed by atoms with Crippen LogP contribution in [-0.2, 0) is 13.1 Å². The molecule has 0 aliphatic carbocycles.